The molecule has 10 heteroatoms. The number of thioether (sulfide) groups is 1. The Balaban J connectivity index is 1.55. The number of hydrogen-bond donors (Lipinski definition) is 3. The van der Waals surface area contributed by atoms with Crippen LogP contribution < -0.4 is 10.9 Å². The number of H-pyrrole nitrogens is 1. The van der Waals surface area contributed by atoms with E-state index in [0.717, 1.165) is 37.4 Å². The topological polar surface area (TPSA) is 129 Å². The standard InChI is InChI=1S/C20H21N5O4S/c1-11-17(19(28)25(24-11)13-5-3-2-4-6-13)23-22-14-8-7-12(9-15(14)26)10-16-18(27)21-20(29)30-16/h7-10,13,24,26H,2-6H2,1H3,(H,21,27,29)/b16-10-,23-22?. The predicted octanol–water partition coefficient (Wildman–Crippen LogP) is 4.43. The van der Waals surface area contributed by atoms with Crippen molar-refractivity contribution in [2.75, 3.05) is 0 Å². The maximum atomic E-state index is 12.7. The second-order valence-corrected chi connectivity index (χ2v) is 8.37. The van der Waals surface area contributed by atoms with Crippen molar-refractivity contribution in [3.05, 3.63) is 44.7 Å². The van der Waals surface area contributed by atoms with Gasteiger partial charge in [0.15, 0.2) is 5.69 Å². The predicted molar refractivity (Wildman–Crippen MR) is 113 cm³/mol. The second kappa shape index (κ2) is 8.31. The molecule has 2 heterocycles. The molecule has 1 saturated carbocycles. The van der Waals surface area contributed by atoms with Crippen LogP contribution in [0.15, 0.2) is 38.1 Å². The maximum absolute atomic E-state index is 12.7. The van der Waals surface area contributed by atoms with E-state index < -0.39 is 11.1 Å². The number of hydrogen-bond acceptors (Lipinski definition) is 7. The molecular weight excluding hydrogens is 406 g/mol. The van der Waals surface area contributed by atoms with Crippen molar-refractivity contribution in [2.24, 2.45) is 10.2 Å². The minimum atomic E-state index is -0.467. The molecule has 1 saturated heterocycles. The lowest BCUT2D eigenvalue weighted by Gasteiger charge is -2.21. The number of aromatic amines is 1. The molecule has 2 aromatic rings. The van der Waals surface area contributed by atoms with Gasteiger partial charge in [-0.15, -0.1) is 10.2 Å². The highest BCUT2D eigenvalue weighted by atomic mass is 32.2. The first kappa shape index (κ1) is 20.1. The summed E-state index contributed by atoms with van der Waals surface area (Å²) in [4.78, 5) is 35.9. The summed E-state index contributed by atoms with van der Waals surface area (Å²) in [5.41, 5.74) is 1.38. The van der Waals surface area contributed by atoms with Crippen LogP contribution in [0.3, 0.4) is 0 Å². The molecular formula is C20H21N5O4S. The lowest BCUT2D eigenvalue weighted by Crippen LogP contribution is -2.24. The molecule has 0 bridgehead atoms. The van der Waals surface area contributed by atoms with E-state index >= 15 is 0 Å². The van der Waals surface area contributed by atoms with E-state index in [0.29, 0.717) is 11.3 Å². The number of amides is 2. The Bertz CT molecular complexity index is 1120. The number of nitrogens with one attached hydrogen (secondary N) is 2. The average molecular weight is 427 g/mol. The van der Waals surface area contributed by atoms with Gasteiger partial charge < -0.3 is 5.11 Å². The fourth-order valence-electron chi connectivity index (χ4n) is 3.66. The van der Waals surface area contributed by atoms with Crippen LogP contribution in [0.1, 0.15) is 49.4 Å². The summed E-state index contributed by atoms with van der Waals surface area (Å²) in [5.74, 6) is -0.617. The zero-order chi connectivity index (χ0) is 21.3. The Labute approximate surface area is 176 Å². The monoisotopic (exact) mass is 427 g/mol. The number of phenolic OH excluding ortho intramolecular Hbond substituents is 1. The number of phenols is 1. The van der Waals surface area contributed by atoms with E-state index in [1.165, 1.54) is 24.6 Å². The lowest BCUT2D eigenvalue weighted by atomic mass is 9.96. The zero-order valence-corrected chi connectivity index (χ0v) is 17.2. The van der Waals surface area contributed by atoms with E-state index in [4.69, 9.17) is 0 Å². The number of rotatable bonds is 4. The quantitative estimate of drug-likeness (QED) is 0.491. The number of carbonyl (C=O) groups is 2. The largest absolute Gasteiger partial charge is 0.506 e. The van der Waals surface area contributed by atoms with Gasteiger partial charge in [0, 0.05) is 0 Å². The molecule has 9 nitrogen and oxygen atoms in total. The summed E-state index contributed by atoms with van der Waals surface area (Å²) in [6.07, 6.45) is 6.85. The van der Waals surface area contributed by atoms with Crippen LogP contribution in [0.5, 0.6) is 5.75 Å². The van der Waals surface area contributed by atoms with Crippen LogP contribution in [-0.4, -0.2) is 26.0 Å². The molecule has 1 aliphatic heterocycles. The lowest BCUT2D eigenvalue weighted by molar-refractivity contribution is -0.115. The summed E-state index contributed by atoms with van der Waals surface area (Å²) in [5, 5.41) is 23.2. The molecule has 2 fully saturated rings. The highest BCUT2D eigenvalue weighted by Gasteiger charge is 2.25. The van der Waals surface area contributed by atoms with E-state index in [9.17, 15) is 19.5 Å². The summed E-state index contributed by atoms with van der Waals surface area (Å²) in [6.45, 7) is 1.77. The first-order valence-electron chi connectivity index (χ1n) is 9.73. The smallest absolute Gasteiger partial charge is 0.294 e. The molecule has 1 aromatic heterocycles. The fourth-order valence-corrected chi connectivity index (χ4v) is 4.35. The van der Waals surface area contributed by atoms with Crippen LogP contribution in [0.4, 0.5) is 16.2 Å². The van der Waals surface area contributed by atoms with Gasteiger partial charge in [-0.3, -0.25) is 24.8 Å². The molecule has 0 radical (unpaired) electrons. The number of aromatic hydroxyl groups is 1. The van der Waals surface area contributed by atoms with Crippen LogP contribution in [0.25, 0.3) is 6.08 Å². The Hall–Kier alpha value is -3.14. The molecule has 0 atom stereocenters. The van der Waals surface area contributed by atoms with Crippen LogP contribution in [-0.2, 0) is 4.79 Å². The van der Waals surface area contributed by atoms with E-state index in [1.54, 1.807) is 17.7 Å². The fraction of sp³-hybridized carbons (Fsp3) is 0.350. The normalized spacial score (nSPS) is 19.2. The highest BCUT2D eigenvalue weighted by molar-refractivity contribution is 8.18. The van der Waals surface area contributed by atoms with Gasteiger partial charge in [-0.1, -0.05) is 25.3 Å². The Morgan fingerprint density at radius 2 is 1.93 bits per heavy atom. The van der Waals surface area contributed by atoms with Gasteiger partial charge >= 0.3 is 0 Å². The van der Waals surface area contributed by atoms with Gasteiger partial charge in [0.2, 0.25) is 0 Å². The first-order valence-corrected chi connectivity index (χ1v) is 10.5. The second-order valence-electron chi connectivity index (χ2n) is 7.35. The third kappa shape index (κ3) is 4.09. The zero-order valence-electron chi connectivity index (χ0n) is 16.3. The van der Waals surface area contributed by atoms with Crippen molar-refractivity contribution < 1.29 is 14.7 Å². The Morgan fingerprint density at radius 3 is 2.60 bits per heavy atom. The number of benzene rings is 1. The van der Waals surface area contributed by atoms with Crippen molar-refractivity contribution >= 4 is 40.4 Å². The summed E-state index contributed by atoms with van der Waals surface area (Å²) >= 11 is 0.801. The van der Waals surface area contributed by atoms with Crippen molar-refractivity contribution in [3.63, 3.8) is 0 Å². The highest BCUT2D eigenvalue weighted by Crippen LogP contribution is 2.32. The summed E-state index contributed by atoms with van der Waals surface area (Å²) in [7, 11) is 0. The molecule has 30 heavy (non-hydrogen) atoms. The minimum absolute atomic E-state index is 0.149. The molecule has 2 amide bonds. The summed E-state index contributed by atoms with van der Waals surface area (Å²) in [6, 6.07) is 4.75. The van der Waals surface area contributed by atoms with Crippen molar-refractivity contribution in [1.29, 1.82) is 0 Å². The van der Waals surface area contributed by atoms with Gasteiger partial charge in [0.25, 0.3) is 16.7 Å². The van der Waals surface area contributed by atoms with Gasteiger partial charge in [-0.05, 0) is 55.3 Å². The number of azo groups is 1. The van der Waals surface area contributed by atoms with Gasteiger partial charge in [-0.25, -0.2) is 4.68 Å². The molecule has 0 spiro atoms. The van der Waals surface area contributed by atoms with Gasteiger partial charge in [0.1, 0.15) is 11.4 Å². The molecule has 3 N–H and O–H groups in total. The maximum Gasteiger partial charge on any atom is 0.294 e. The van der Waals surface area contributed by atoms with Gasteiger partial charge in [0.05, 0.1) is 16.6 Å². The summed E-state index contributed by atoms with van der Waals surface area (Å²) < 4.78 is 1.64. The molecule has 4 rings (SSSR count). The van der Waals surface area contributed by atoms with Crippen molar-refractivity contribution in [1.82, 2.24) is 15.1 Å². The van der Waals surface area contributed by atoms with Gasteiger partial charge in [-0.2, -0.15) is 0 Å². The van der Waals surface area contributed by atoms with Crippen molar-refractivity contribution in [3.8, 4) is 5.75 Å². The Morgan fingerprint density at radius 1 is 1.17 bits per heavy atom. The van der Waals surface area contributed by atoms with Crippen LogP contribution in [0, 0.1) is 6.92 Å². The minimum Gasteiger partial charge on any atom is -0.506 e. The number of aromatic nitrogens is 2. The average Bonchev–Trinajstić information content (AvgIpc) is 3.19. The third-order valence-corrected chi connectivity index (χ3v) is 6.01. The van der Waals surface area contributed by atoms with Crippen LogP contribution in [0.2, 0.25) is 0 Å². The van der Waals surface area contributed by atoms with E-state index in [1.807, 2.05) is 0 Å². The number of imide groups is 1. The third-order valence-electron chi connectivity index (χ3n) is 5.20. The first-order chi connectivity index (χ1) is 14.4. The molecule has 2 aliphatic rings. The van der Waals surface area contributed by atoms with Crippen LogP contribution >= 0.6 is 11.8 Å². The number of aryl methyl sites for hydroxylation is 1. The number of nitrogens with zero attached hydrogens (tertiary/aromatic N) is 3. The van der Waals surface area contributed by atoms with E-state index in [-0.39, 0.29) is 33.6 Å². The van der Waals surface area contributed by atoms with E-state index in [2.05, 4.69) is 20.6 Å². The molecule has 0 unspecified atom stereocenters. The Kier molecular flexibility index (Phi) is 5.58. The molecule has 1 aliphatic carbocycles. The molecule has 1 aromatic carbocycles. The molecule has 156 valence electrons. The van der Waals surface area contributed by atoms with Crippen molar-refractivity contribution in [2.45, 2.75) is 45.1 Å². The SMILES string of the molecule is Cc1[nH]n(C2CCCCC2)c(=O)c1N=Nc1ccc(/C=C2\SC(=O)NC2=O)cc1O. The number of carbonyl (C=O) groups excluding carboxylic acids is 2.